The summed E-state index contributed by atoms with van der Waals surface area (Å²) in [4.78, 5) is 36.1. The molecule has 43 heavy (non-hydrogen) atoms. The smallest absolute Gasteiger partial charge is 0.410 e. The number of carbonyl (C=O) groups is 1. The van der Waals surface area contributed by atoms with Gasteiger partial charge in [0.15, 0.2) is 0 Å². The van der Waals surface area contributed by atoms with E-state index in [9.17, 15) is 29.4 Å². The van der Waals surface area contributed by atoms with Gasteiger partial charge in [0.2, 0.25) is 0 Å². The van der Waals surface area contributed by atoms with Crippen LogP contribution in [0.25, 0.3) is 0 Å². The lowest BCUT2D eigenvalue weighted by molar-refractivity contribution is -0.385. The summed E-state index contributed by atoms with van der Waals surface area (Å²) in [5.74, 6) is -0.467. The molecule has 2 heterocycles. The molecule has 2 saturated heterocycles. The summed E-state index contributed by atoms with van der Waals surface area (Å²) < 4.78 is 17.6. The number of amides is 1. The zero-order chi connectivity index (χ0) is 31.3. The Balaban J connectivity index is 0.000000397. The van der Waals surface area contributed by atoms with E-state index in [4.69, 9.17) is 4.74 Å². The lowest BCUT2D eigenvalue weighted by atomic mass is 10.0. The average molecular weight is 606 g/mol. The van der Waals surface area contributed by atoms with Crippen molar-refractivity contribution in [1.29, 1.82) is 0 Å². The minimum absolute atomic E-state index is 0. The SMILES string of the molecule is C.CCC1CCCCN1.CCC1CN(c2ccc([N+](=O)[O-])cc2)CCN1C(=O)OC(C)(C)C.O=[N+]([O-])c1ccc(F)cc1. The second kappa shape index (κ2) is 18.0. The Morgan fingerprint density at radius 1 is 0.953 bits per heavy atom. The fraction of sp³-hybridized carbons (Fsp3) is 0.581. The predicted molar refractivity (Wildman–Crippen MR) is 168 cm³/mol. The number of carbonyl (C=O) groups excluding carboxylic acids is 1. The fourth-order valence-corrected chi connectivity index (χ4v) is 4.62. The third kappa shape index (κ3) is 12.9. The van der Waals surface area contributed by atoms with Gasteiger partial charge in [0, 0.05) is 55.6 Å². The average Bonchev–Trinajstić information content (AvgIpc) is 2.97. The number of nitro benzene ring substituents is 2. The van der Waals surface area contributed by atoms with Crippen molar-refractivity contribution in [3.05, 3.63) is 74.6 Å². The lowest BCUT2D eigenvalue weighted by Gasteiger charge is -2.42. The molecule has 0 bridgehead atoms. The molecule has 1 N–H and O–H groups in total. The van der Waals surface area contributed by atoms with Gasteiger partial charge in [0.05, 0.1) is 15.9 Å². The third-order valence-electron chi connectivity index (χ3n) is 6.95. The zero-order valence-corrected chi connectivity index (χ0v) is 25.3. The van der Waals surface area contributed by atoms with Crippen LogP contribution in [0.1, 0.15) is 74.1 Å². The number of nitrogens with zero attached hydrogens (tertiary/aromatic N) is 4. The number of hydrogen-bond donors (Lipinski definition) is 1. The number of benzene rings is 2. The third-order valence-corrected chi connectivity index (χ3v) is 6.95. The molecule has 2 aliphatic rings. The van der Waals surface area contributed by atoms with Crippen LogP contribution in [0, 0.1) is 26.0 Å². The van der Waals surface area contributed by atoms with Crippen LogP contribution in [0.4, 0.5) is 26.2 Å². The molecule has 4 rings (SSSR count). The van der Waals surface area contributed by atoms with Crippen molar-refractivity contribution in [3.8, 4) is 0 Å². The van der Waals surface area contributed by atoms with Crippen LogP contribution < -0.4 is 10.2 Å². The Morgan fingerprint density at radius 2 is 1.51 bits per heavy atom. The van der Waals surface area contributed by atoms with Crippen LogP contribution in [-0.4, -0.2) is 64.7 Å². The predicted octanol–water partition coefficient (Wildman–Crippen LogP) is 7.34. The summed E-state index contributed by atoms with van der Waals surface area (Å²) in [5.41, 5.74) is 0.410. The van der Waals surface area contributed by atoms with Crippen molar-refractivity contribution in [1.82, 2.24) is 10.2 Å². The number of anilines is 1. The van der Waals surface area contributed by atoms with E-state index in [1.807, 2.05) is 27.7 Å². The van der Waals surface area contributed by atoms with Crippen LogP contribution in [0.2, 0.25) is 0 Å². The first-order chi connectivity index (χ1) is 19.8. The fourth-order valence-electron chi connectivity index (χ4n) is 4.62. The molecular weight excluding hydrogens is 557 g/mol. The number of nitro groups is 2. The van der Waals surface area contributed by atoms with E-state index in [-0.39, 0.29) is 30.9 Å². The van der Waals surface area contributed by atoms with E-state index >= 15 is 0 Å². The van der Waals surface area contributed by atoms with E-state index in [0.29, 0.717) is 19.6 Å². The second-order valence-corrected chi connectivity index (χ2v) is 11.2. The Kier molecular flexibility index (Phi) is 15.6. The largest absolute Gasteiger partial charge is 0.444 e. The summed E-state index contributed by atoms with van der Waals surface area (Å²) in [6, 6.07) is 11.8. The molecule has 0 saturated carbocycles. The zero-order valence-electron chi connectivity index (χ0n) is 25.3. The van der Waals surface area contributed by atoms with Gasteiger partial charge in [-0.25, -0.2) is 9.18 Å². The van der Waals surface area contributed by atoms with Crippen molar-refractivity contribution in [3.63, 3.8) is 0 Å². The monoisotopic (exact) mass is 605 g/mol. The Hall–Kier alpha value is -3.80. The number of halogens is 1. The van der Waals surface area contributed by atoms with Gasteiger partial charge >= 0.3 is 6.09 Å². The van der Waals surface area contributed by atoms with Gasteiger partial charge in [-0.3, -0.25) is 20.2 Å². The second-order valence-electron chi connectivity index (χ2n) is 11.2. The molecule has 0 aliphatic carbocycles. The van der Waals surface area contributed by atoms with Crippen molar-refractivity contribution in [2.75, 3.05) is 31.1 Å². The van der Waals surface area contributed by atoms with Crippen molar-refractivity contribution < 1.29 is 23.8 Å². The topological polar surface area (TPSA) is 131 Å². The van der Waals surface area contributed by atoms with Crippen molar-refractivity contribution in [2.24, 2.45) is 0 Å². The molecule has 0 radical (unpaired) electrons. The summed E-state index contributed by atoms with van der Waals surface area (Å²) in [6.45, 7) is 13.1. The van der Waals surface area contributed by atoms with Gasteiger partial charge in [-0.05, 0) is 77.3 Å². The van der Waals surface area contributed by atoms with Gasteiger partial charge in [-0.15, -0.1) is 0 Å². The molecule has 240 valence electrons. The van der Waals surface area contributed by atoms with Crippen molar-refractivity contribution in [2.45, 2.75) is 91.8 Å². The van der Waals surface area contributed by atoms with Gasteiger partial charge in [0.25, 0.3) is 11.4 Å². The van der Waals surface area contributed by atoms with Crippen LogP contribution in [0.5, 0.6) is 0 Å². The summed E-state index contributed by atoms with van der Waals surface area (Å²) in [6.07, 6.45) is 6.07. The highest BCUT2D eigenvalue weighted by molar-refractivity contribution is 5.69. The standard InChI is InChI=1S/C17H25N3O4.C7H15N.C6H4FNO2.CH4/c1-5-13-12-18(14-6-8-15(9-7-14)20(22)23)10-11-19(13)16(21)24-17(2,3)4;1-2-7-5-3-4-6-8-7;7-5-1-3-6(4-2-5)8(9)10;/h6-9,13H,5,10-12H2,1-4H3;7-8H,2-6H2,1H3;1-4H;1H4. The molecule has 11 nitrogen and oxygen atoms in total. The normalized spacial score (nSPS) is 18.1. The molecular formula is C31H48FN5O6. The van der Waals surface area contributed by atoms with Gasteiger partial charge in [-0.2, -0.15) is 0 Å². The van der Waals surface area contributed by atoms with Crippen LogP contribution in [0.3, 0.4) is 0 Å². The summed E-state index contributed by atoms with van der Waals surface area (Å²) >= 11 is 0. The molecule has 0 spiro atoms. The lowest BCUT2D eigenvalue weighted by Crippen LogP contribution is -2.56. The quantitative estimate of drug-likeness (QED) is 0.277. The van der Waals surface area contributed by atoms with Crippen LogP contribution in [0.15, 0.2) is 48.5 Å². The van der Waals surface area contributed by atoms with E-state index in [1.54, 1.807) is 17.0 Å². The molecule has 2 atom stereocenters. The molecule has 2 unspecified atom stereocenters. The molecule has 12 heteroatoms. The first-order valence-electron chi connectivity index (χ1n) is 14.5. The number of rotatable bonds is 5. The summed E-state index contributed by atoms with van der Waals surface area (Å²) in [7, 11) is 0. The number of ether oxygens (including phenoxy) is 1. The van der Waals surface area contributed by atoms with E-state index < -0.39 is 21.3 Å². The number of non-ortho nitro benzene ring substituents is 2. The number of hydrogen-bond acceptors (Lipinski definition) is 8. The van der Waals surface area contributed by atoms with Crippen LogP contribution in [-0.2, 0) is 4.74 Å². The molecule has 2 aliphatic heterocycles. The molecule has 2 aromatic carbocycles. The minimum atomic E-state index is -0.570. The van der Waals surface area contributed by atoms with Gasteiger partial charge in [-0.1, -0.05) is 27.7 Å². The van der Waals surface area contributed by atoms with E-state index in [2.05, 4.69) is 17.1 Å². The highest BCUT2D eigenvalue weighted by Crippen LogP contribution is 2.24. The highest BCUT2D eigenvalue weighted by atomic mass is 19.1. The maximum Gasteiger partial charge on any atom is 0.410 e. The summed E-state index contributed by atoms with van der Waals surface area (Å²) in [5, 5.41) is 24.2. The maximum atomic E-state index is 12.4. The number of piperidine rings is 1. The number of piperazine rings is 1. The maximum absolute atomic E-state index is 12.4. The van der Waals surface area contributed by atoms with E-state index in [0.717, 1.165) is 42.4 Å². The van der Waals surface area contributed by atoms with Gasteiger partial charge in [0.1, 0.15) is 11.4 Å². The number of nitrogens with one attached hydrogen (secondary N) is 1. The Labute approximate surface area is 254 Å². The first-order valence-corrected chi connectivity index (χ1v) is 14.5. The van der Waals surface area contributed by atoms with Crippen LogP contribution >= 0.6 is 0 Å². The Bertz CT molecular complexity index is 1130. The molecule has 2 aromatic rings. The first kappa shape index (κ1) is 37.2. The molecule has 1 amide bonds. The molecule has 2 fully saturated rings. The van der Waals surface area contributed by atoms with Gasteiger partial charge < -0.3 is 19.9 Å². The van der Waals surface area contributed by atoms with Crippen molar-refractivity contribution >= 4 is 23.2 Å². The van der Waals surface area contributed by atoms with E-state index in [1.165, 1.54) is 44.4 Å². The molecule has 0 aromatic heterocycles. The highest BCUT2D eigenvalue weighted by Gasteiger charge is 2.32. The minimum Gasteiger partial charge on any atom is -0.444 e. The Morgan fingerprint density at radius 3 is 1.93 bits per heavy atom.